The first-order chi connectivity index (χ1) is 9.88. The van der Waals surface area contributed by atoms with Crippen molar-refractivity contribution in [2.24, 2.45) is 0 Å². The molecule has 2 rings (SSSR count). The molecule has 0 atom stereocenters. The number of phenolic OH excluding ortho intramolecular Hbond substituents is 1. The molecular formula is C15H16N2O4. The maximum atomic E-state index is 11.1. The van der Waals surface area contributed by atoms with Gasteiger partial charge in [0.2, 0.25) is 0 Å². The predicted molar refractivity (Wildman–Crippen MR) is 77.5 cm³/mol. The van der Waals surface area contributed by atoms with Gasteiger partial charge < -0.3 is 9.84 Å². The average molecular weight is 288 g/mol. The van der Waals surface area contributed by atoms with Gasteiger partial charge >= 0.3 is 0 Å². The molecule has 0 saturated heterocycles. The number of nitro groups is 1. The Hall–Kier alpha value is -2.63. The molecular weight excluding hydrogens is 272 g/mol. The Kier molecular flexibility index (Phi) is 4.07. The van der Waals surface area contributed by atoms with Crippen molar-refractivity contribution in [3.05, 3.63) is 56.9 Å². The van der Waals surface area contributed by atoms with E-state index in [4.69, 9.17) is 4.74 Å². The first-order valence-electron chi connectivity index (χ1n) is 6.41. The van der Waals surface area contributed by atoms with Gasteiger partial charge in [0.15, 0.2) is 0 Å². The normalized spacial score (nSPS) is 10.4. The summed E-state index contributed by atoms with van der Waals surface area (Å²) < 4.78 is 5.56. The molecule has 0 fully saturated rings. The zero-order valence-electron chi connectivity index (χ0n) is 12.1. The van der Waals surface area contributed by atoms with Gasteiger partial charge in [-0.05, 0) is 38.5 Å². The quantitative estimate of drug-likeness (QED) is 0.689. The van der Waals surface area contributed by atoms with Crippen LogP contribution in [0.5, 0.6) is 11.5 Å². The average Bonchev–Trinajstić information content (AvgIpc) is 2.36. The first kappa shape index (κ1) is 14.8. The number of pyridine rings is 1. The van der Waals surface area contributed by atoms with E-state index in [1.54, 1.807) is 26.0 Å². The van der Waals surface area contributed by atoms with E-state index in [1.807, 2.05) is 6.92 Å². The number of aromatic nitrogens is 1. The Bertz CT molecular complexity index is 678. The number of ether oxygens (including phenoxy) is 1. The summed E-state index contributed by atoms with van der Waals surface area (Å²) in [6.45, 7) is 5.26. The molecule has 110 valence electrons. The maximum absolute atomic E-state index is 11.1. The van der Waals surface area contributed by atoms with Gasteiger partial charge in [-0.25, -0.2) is 0 Å². The summed E-state index contributed by atoms with van der Waals surface area (Å²) in [5, 5.41) is 20.6. The summed E-state index contributed by atoms with van der Waals surface area (Å²) in [7, 11) is 0. The van der Waals surface area contributed by atoms with E-state index in [1.165, 1.54) is 12.3 Å². The molecule has 0 aliphatic carbocycles. The number of phenols is 1. The molecule has 0 amide bonds. The number of aromatic hydroxyl groups is 1. The molecule has 6 heteroatoms. The van der Waals surface area contributed by atoms with Crippen molar-refractivity contribution in [1.29, 1.82) is 0 Å². The van der Waals surface area contributed by atoms with Crippen molar-refractivity contribution in [3.8, 4) is 11.5 Å². The minimum Gasteiger partial charge on any atom is -0.508 e. The van der Waals surface area contributed by atoms with Crippen molar-refractivity contribution in [1.82, 2.24) is 4.98 Å². The number of rotatable bonds is 4. The third-order valence-corrected chi connectivity index (χ3v) is 3.17. The highest BCUT2D eigenvalue weighted by Gasteiger charge is 2.18. The summed E-state index contributed by atoms with van der Waals surface area (Å²) >= 11 is 0. The highest BCUT2D eigenvalue weighted by Crippen LogP contribution is 2.26. The highest BCUT2D eigenvalue weighted by molar-refractivity contribution is 5.47. The molecule has 21 heavy (non-hydrogen) atoms. The largest absolute Gasteiger partial charge is 0.508 e. The van der Waals surface area contributed by atoms with Gasteiger partial charge in [0.25, 0.3) is 5.69 Å². The van der Waals surface area contributed by atoms with Crippen LogP contribution >= 0.6 is 0 Å². The SMILES string of the molecule is Cc1cc(O)cc(OCc2ncc(C)c([N+](=O)[O-])c2C)c1. The molecule has 0 saturated carbocycles. The molecule has 0 aliphatic heterocycles. The smallest absolute Gasteiger partial charge is 0.278 e. The molecule has 0 radical (unpaired) electrons. The molecule has 1 aromatic heterocycles. The molecule has 1 aromatic carbocycles. The van der Waals surface area contributed by atoms with Crippen molar-refractivity contribution < 1.29 is 14.8 Å². The van der Waals surface area contributed by atoms with Crippen LogP contribution in [0.15, 0.2) is 24.4 Å². The van der Waals surface area contributed by atoms with E-state index < -0.39 is 4.92 Å². The second-order valence-corrected chi connectivity index (χ2v) is 4.91. The summed E-state index contributed by atoms with van der Waals surface area (Å²) in [6.07, 6.45) is 1.47. The minimum atomic E-state index is -0.408. The van der Waals surface area contributed by atoms with Crippen LogP contribution in [-0.2, 0) is 6.61 Å². The minimum absolute atomic E-state index is 0.0655. The van der Waals surface area contributed by atoms with Gasteiger partial charge in [-0.1, -0.05) is 0 Å². The van der Waals surface area contributed by atoms with Crippen molar-refractivity contribution in [2.75, 3.05) is 0 Å². The first-order valence-corrected chi connectivity index (χ1v) is 6.41. The van der Waals surface area contributed by atoms with Crippen molar-refractivity contribution in [2.45, 2.75) is 27.4 Å². The fourth-order valence-electron chi connectivity index (χ4n) is 2.16. The van der Waals surface area contributed by atoms with Crippen LogP contribution < -0.4 is 4.74 Å². The van der Waals surface area contributed by atoms with Gasteiger partial charge in [0.1, 0.15) is 18.1 Å². The highest BCUT2D eigenvalue weighted by atomic mass is 16.6. The van der Waals surface area contributed by atoms with E-state index in [-0.39, 0.29) is 18.0 Å². The topological polar surface area (TPSA) is 85.5 Å². The number of hydrogen-bond acceptors (Lipinski definition) is 5. The van der Waals surface area contributed by atoms with Gasteiger partial charge in [-0.15, -0.1) is 0 Å². The zero-order valence-corrected chi connectivity index (χ0v) is 12.1. The lowest BCUT2D eigenvalue weighted by atomic mass is 10.1. The van der Waals surface area contributed by atoms with E-state index in [2.05, 4.69) is 4.98 Å². The summed E-state index contributed by atoms with van der Waals surface area (Å²) in [5.74, 6) is 0.612. The number of aryl methyl sites for hydroxylation is 2. The lowest BCUT2D eigenvalue weighted by Gasteiger charge is -2.10. The van der Waals surface area contributed by atoms with Crippen LogP contribution in [0.1, 0.15) is 22.4 Å². The third kappa shape index (κ3) is 3.28. The third-order valence-electron chi connectivity index (χ3n) is 3.17. The Labute approximate surface area is 122 Å². The molecule has 0 bridgehead atoms. The van der Waals surface area contributed by atoms with Crippen molar-refractivity contribution >= 4 is 5.69 Å². The van der Waals surface area contributed by atoms with Crippen LogP contribution in [0, 0.1) is 30.9 Å². The van der Waals surface area contributed by atoms with Gasteiger partial charge in [-0.2, -0.15) is 0 Å². The van der Waals surface area contributed by atoms with Crippen LogP contribution in [-0.4, -0.2) is 15.0 Å². The van der Waals surface area contributed by atoms with E-state index in [0.717, 1.165) is 5.56 Å². The maximum Gasteiger partial charge on any atom is 0.278 e. The van der Waals surface area contributed by atoms with Crippen molar-refractivity contribution in [3.63, 3.8) is 0 Å². The predicted octanol–water partition coefficient (Wildman–Crippen LogP) is 3.20. The molecule has 0 aliphatic rings. The van der Waals surface area contributed by atoms with Crippen LogP contribution in [0.2, 0.25) is 0 Å². The Balaban J connectivity index is 2.24. The monoisotopic (exact) mass is 288 g/mol. The van der Waals surface area contributed by atoms with Crippen LogP contribution in [0.3, 0.4) is 0 Å². The van der Waals surface area contributed by atoms with Crippen LogP contribution in [0.4, 0.5) is 5.69 Å². The van der Waals surface area contributed by atoms with E-state index in [9.17, 15) is 15.2 Å². The summed E-state index contributed by atoms with van der Waals surface area (Å²) in [4.78, 5) is 14.8. The van der Waals surface area contributed by atoms with Gasteiger partial charge in [-0.3, -0.25) is 15.1 Å². The second-order valence-electron chi connectivity index (χ2n) is 4.91. The number of benzene rings is 1. The zero-order chi connectivity index (χ0) is 15.6. The summed E-state index contributed by atoms with van der Waals surface area (Å²) in [5.41, 5.74) is 2.46. The van der Waals surface area contributed by atoms with E-state index >= 15 is 0 Å². The molecule has 1 N–H and O–H groups in total. The number of nitrogens with zero attached hydrogens (tertiary/aromatic N) is 2. The molecule has 0 spiro atoms. The van der Waals surface area contributed by atoms with E-state index in [0.29, 0.717) is 22.6 Å². The molecule has 6 nitrogen and oxygen atoms in total. The standard InChI is InChI=1S/C15H16N2O4/c1-9-4-12(18)6-13(5-9)21-8-14-11(3)15(17(19)20)10(2)7-16-14/h4-7,18H,8H2,1-3H3. The fourth-order valence-corrected chi connectivity index (χ4v) is 2.16. The molecule has 2 aromatic rings. The lowest BCUT2D eigenvalue weighted by Crippen LogP contribution is -2.05. The molecule has 0 unspecified atom stereocenters. The van der Waals surface area contributed by atoms with Gasteiger partial charge in [0.05, 0.1) is 16.2 Å². The fraction of sp³-hybridized carbons (Fsp3) is 0.267. The lowest BCUT2D eigenvalue weighted by molar-refractivity contribution is -0.386. The van der Waals surface area contributed by atoms with Crippen LogP contribution in [0.25, 0.3) is 0 Å². The van der Waals surface area contributed by atoms with Gasteiger partial charge in [0, 0.05) is 17.8 Å². The Morgan fingerprint density at radius 2 is 2.00 bits per heavy atom. The Morgan fingerprint density at radius 3 is 2.62 bits per heavy atom. The number of hydrogen-bond donors (Lipinski definition) is 1. The molecule has 1 heterocycles. The Morgan fingerprint density at radius 1 is 1.29 bits per heavy atom. The second kappa shape index (κ2) is 5.78. The summed E-state index contributed by atoms with van der Waals surface area (Å²) in [6, 6.07) is 4.88.